The highest BCUT2D eigenvalue weighted by molar-refractivity contribution is 6.30. The second kappa shape index (κ2) is 5.17. The quantitative estimate of drug-likeness (QED) is 0.848. The number of H-pyrrole nitrogens is 1. The Morgan fingerprint density at radius 2 is 2.05 bits per heavy atom. The molecule has 2 rings (SSSR count). The Balaban J connectivity index is 2.26. The Labute approximate surface area is 117 Å². The third kappa shape index (κ3) is 3.23. The fourth-order valence-corrected chi connectivity index (χ4v) is 1.73. The van der Waals surface area contributed by atoms with Gasteiger partial charge in [0.25, 0.3) is 0 Å². The fourth-order valence-electron chi connectivity index (χ4n) is 1.56. The molecule has 0 atom stereocenters. The summed E-state index contributed by atoms with van der Waals surface area (Å²) in [6.45, 7) is 8.66. The minimum absolute atomic E-state index is 0.140. The summed E-state index contributed by atoms with van der Waals surface area (Å²) in [4.78, 5) is 16.1. The van der Waals surface area contributed by atoms with Crippen molar-refractivity contribution in [3.05, 3.63) is 34.8 Å². The van der Waals surface area contributed by atoms with Gasteiger partial charge in [0.1, 0.15) is 22.6 Å². The van der Waals surface area contributed by atoms with E-state index in [9.17, 15) is 0 Å². The minimum atomic E-state index is -0.140. The molecule has 2 heterocycles. The van der Waals surface area contributed by atoms with Crippen molar-refractivity contribution in [2.24, 2.45) is 0 Å². The molecule has 0 saturated heterocycles. The Morgan fingerprint density at radius 1 is 1.32 bits per heavy atom. The molecule has 0 unspecified atom stereocenters. The highest BCUT2D eigenvalue weighted by atomic mass is 35.5. The summed E-state index contributed by atoms with van der Waals surface area (Å²) in [5.74, 6) is 2.33. The molecular weight excluding hydrogens is 262 g/mol. The van der Waals surface area contributed by atoms with Gasteiger partial charge >= 0.3 is 0 Å². The Morgan fingerprint density at radius 3 is 2.63 bits per heavy atom. The van der Waals surface area contributed by atoms with Crippen LogP contribution >= 0.6 is 11.6 Å². The maximum atomic E-state index is 6.17. The lowest BCUT2D eigenvalue weighted by atomic mass is 9.95. The third-order valence-electron chi connectivity index (χ3n) is 2.74. The number of hydrogen-bond acceptors (Lipinski definition) is 4. The van der Waals surface area contributed by atoms with Crippen LogP contribution in [-0.2, 0) is 12.0 Å². The highest BCUT2D eigenvalue weighted by Crippen LogP contribution is 2.26. The highest BCUT2D eigenvalue weighted by Gasteiger charge is 2.20. The van der Waals surface area contributed by atoms with Crippen molar-refractivity contribution in [2.75, 3.05) is 5.32 Å². The first-order chi connectivity index (χ1) is 8.88. The summed E-state index contributed by atoms with van der Waals surface area (Å²) < 4.78 is 0. The molecule has 2 aromatic rings. The maximum Gasteiger partial charge on any atom is 0.137 e. The smallest absolute Gasteiger partial charge is 0.137 e. The molecule has 0 spiro atoms. The van der Waals surface area contributed by atoms with Gasteiger partial charge in [0.15, 0.2) is 0 Å². The van der Waals surface area contributed by atoms with Crippen molar-refractivity contribution < 1.29 is 0 Å². The molecule has 0 bridgehead atoms. The van der Waals surface area contributed by atoms with Gasteiger partial charge in [-0.1, -0.05) is 32.4 Å². The summed E-state index contributed by atoms with van der Waals surface area (Å²) >= 11 is 6.17. The second-order valence-corrected chi connectivity index (χ2v) is 5.81. The molecule has 0 aliphatic heterocycles. The second-order valence-electron chi connectivity index (χ2n) is 5.45. The molecule has 0 amide bonds. The molecule has 2 N–H and O–H groups in total. The van der Waals surface area contributed by atoms with Crippen molar-refractivity contribution in [3.8, 4) is 0 Å². The number of hydrogen-bond donors (Lipinski definition) is 2. The van der Waals surface area contributed by atoms with Gasteiger partial charge in [-0.05, 0) is 6.92 Å². The maximum absolute atomic E-state index is 6.17. The lowest BCUT2D eigenvalue weighted by Crippen LogP contribution is -2.18. The Hall–Kier alpha value is -1.62. The van der Waals surface area contributed by atoms with Crippen LogP contribution in [0.25, 0.3) is 0 Å². The SMILES string of the molecule is Cc1c(Cl)nc(C(C)(C)C)nc1NCc1ncc[nH]1. The van der Waals surface area contributed by atoms with Gasteiger partial charge in [0, 0.05) is 23.4 Å². The van der Waals surface area contributed by atoms with E-state index in [1.165, 1.54) is 0 Å². The van der Waals surface area contributed by atoms with Crippen LogP contribution in [0, 0.1) is 6.92 Å². The number of rotatable bonds is 3. The van der Waals surface area contributed by atoms with Crippen LogP contribution in [0.3, 0.4) is 0 Å². The van der Waals surface area contributed by atoms with E-state index in [1.807, 2.05) is 6.92 Å². The van der Waals surface area contributed by atoms with Gasteiger partial charge in [-0.25, -0.2) is 15.0 Å². The van der Waals surface area contributed by atoms with E-state index >= 15 is 0 Å². The number of anilines is 1. The number of aromatic nitrogens is 4. The predicted octanol–water partition coefficient (Wildman–Crippen LogP) is 3.07. The van der Waals surface area contributed by atoms with Crippen LogP contribution in [0.1, 0.15) is 38.0 Å². The summed E-state index contributed by atoms with van der Waals surface area (Å²) in [6.07, 6.45) is 3.51. The van der Waals surface area contributed by atoms with E-state index in [-0.39, 0.29) is 5.41 Å². The number of nitrogens with zero attached hydrogens (tertiary/aromatic N) is 3. The van der Waals surface area contributed by atoms with Crippen LogP contribution in [-0.4, -0.2) is 19.9 Å². The van der Waals surface area contributed by atoms with Gasteiger partial charge in [-0.2, -0.15) is 0 Å². The van der Waals surface area contributed by atoms with Gasteiger partial charge in [-0.3, -0.25) is 0 Å². The summed E-state index contributed by atoms with van der Waals surface area (Å²) in [6, 6.07) is 0. The lowest BCUT2D eigenvalue weighted by molar-refractivity contribution is 0.545. The molecule has 0 aromatic carbocycles. The van der Waals surface area contributed by atoms with E-state index < -0.39 is 0 Å². The molecule has 0 fully saturated rings. The molecule has 0 aliphatic carbocycles. The fraction of sp³-hybridized carbons (Fsp3) is 0.462. The Bertz CT molecular complexity index is 557. The Kier molecular flexibility index (Phi) is 3.75. The average Bonchev–Trinajstić information content (AvgIpc) is 2.82. The summed E-state index contributed by atoms with van der Waals surface area (Å²) in [7, 11) is 0. The molecule has 19 heavy (non-hydrogen) atoms. The van der Waals surface area contributed by atoms with Crippen molar-refractivity contribution in [1.29, 1.82) is 0 Å². The summed E-state index contributed by atoms with van der Waals surface area (Å²) in [5, 5.41) is 3.73. The topological polar surface area (TPSA) is 66.5 Å². The zero-order chi connectivity index (χ0) is 14.0. The lowest BCUT2D eigenvalue weighted by Gasteiger charge is -2.19. The van der Waals surface area contributed by atoms with E-state index in [0.29, 0.717) is 11.7 Å². The first-order valence-corrected chi connectivity index (χ1v) is 6.52. The monoisotopic (exact) mass is 279 g/mol. The van der Waals surface area contributed by atoms with E-state index in [1.54, 1.807) is 12.4 Å². The minimum Gasteiger partial charge on any atom is -0.362 e. The molecule has 0 radical (unpaired) electrons. The average molecular weight is 280 g/mol. The molecule has 2 aromatic heterocycles. The van der Waals surface area contributed by atoms with Crippen molar-refractivity contribution in [3.63, 3.8) is 0 Å². The number of nitrogens with one attached hydrogen (secondary N) is 2. The van der Waals surface area contributed by atoms with Crippen LogP contribution < -0.4 is 5.32 Å². The number of halogens is 1. The normalized spacial score (nSPS) is 11.6. The van der Waals surface area contributed by atoms with Crippen molar-refractivity contribution in [2.45, 2.75) is 39.7 Å². The molecule has 102 valence electrons. The van der Waals surface area contributed by atoms with E-state index in [4.69, 9.17) is 11.6 Å². The molecule has 0 aliphatic rings. The largest absolute Gasteiger partial charge is 0.362 e. The van der Waals surface area contributed by atoms with Gasteiger partial charge in [0.2, 0.25) is 0 Å². The van der Waals surface area contributed by atoms with Crippen molar-refractivity contribution in [1.82, 2.24) is 19.9 Å². The number of aromatic amines is 1. The predicted molar refractivity (Wildman–Crippen MR) is 76.4 cm³/mol. The van der Waals surface area contributed by atoms with E-state index in [0.717, 1.165) is 23.0 Å². The van der Waals surface area contributed by atoms with Gasteiger partial charge in [-0.15, -0.1) is 0 Å². The first kappa shape index (κ1) is 13.8. The molecule has 0 saturated carbocycles. The van der Waals surface area contributed by atoms with Gasteiger partial charge < -0.3 is 10.3 Å². The molecule has 6 heteroatoms. The van der Waals surface area contributed by atoms with Crippen LogP contribution in [0.4, 0.5) is 5.82 Å². The van der Waals surface area contributed by atoms with Crippen molar-refractivity contribution >= 4 is 17.4 Å². The first-order valence-electron chi connectivity index (χ1n) is 6.14. The molecular formula is C13H18ClN5. The molecule has 5 nitrogen and oxygen atoms in total. The third-order valence-corrected chi connectivity index (χ3v) is 3.10. The van der Waals surface area contributed by atoms with E-state index in [2.05, 4.69) is 46.0 Å². The van der Waals surface area contributed by atoms with Crippen LogP contribution in [0.2, 0.25) is 5.15 Å². The zero-order valence-corrected chi connectivity index (χ0v) is 12.3. The van der Waals surface area contributed by atoms with Crippen LogP contribution in [0.5, 0.6) is 0 Å². The standard InChI is InChI=1S/C13H18ClN5/c1-8-10(14)18-12(13(2,3)4)19-11(8)17-7-9-15-5-6-16-9/h5-6H,7H2,1-4H3,(H,15,16)(H,17,18,19). The zero-order valence-electron chi connectivity index (χ0n) is 11.6. The summed E-state index contributed by atoms with van der Waals surface area (Å²) in [5.41, 5.74) is 0.708. The number of imidazole rings is 1. The van der Waals surface area contributed by atoms with Crippen LogP contribution in [0.15, 0.2) is 12.4 Å². The van der Waals surface area contributed by atoms with Gasteiger partial charge in [0.05, 0.1) is 6.54 Å².